The van der Waals surface area contributed by atoms with Gasteiger partial charge in [0.05, 0.1) is 26.7 Å². The van der Waals surface area contributed by atoms with Crippen LogP contribution in [0.1, 0.15) is 30.0 Å². The van der Waals surface area contributed by atoms with E-state index in [9.17, 15) is 14.4 Å². The third-order valence-electron chi connectivity index (χ3n) is 6.08. The van der Waals surface area contributed by atoms with Gasteiger partial charge in [-0.3, -0.25) is 14.5 Å². The van der Waals surface area contributed by atoms with E-state index in [2.05, 4.69) is 5.32 Å². The summed E-state index contributed by atoms with van der Waals surface area (Å²) in [6.45, 7) is 5.16. The van der Waals surface area contributed by atoms with Crippen LogP contribution < -0.4 is 19.7 Å². The maximum atomic E-state index is 13.3. The first-order chi connectivity index (χ1) is 16.2. The molecule has 178 valence electrons. The van der Waals surface area contributed by atoms with Crippen molar-refractivity contribution in [3.63, 3.8) is 0 Å². The summed E-state index contributed by atoms with van der Waals surface area (Å²) in [5.41, 5.74) is 1.78. The van der Waals surface area contributed by atoms with Crippen molar-refractivity contribution in [1.29, 1.82) is 5.26 Å². The lowest BCUT2D eigenvalue weighted by molar-refractivity contribution is -0.134. The minimum atomic E-state index is -1.38. The van der Waals surface area contributed by atoms with Crippen LogP contribution in [-0.4, -0.2) is 50.1 Å². The van der Waals surface area contributed by atoms with Crippen molar-refractivity contribution in [2.75, 3.05) is 32.2 Å². The average Bonchev–Trinajstić information content (AvgIpc) is 3.04. The van der Waals surface area contributed by atoms with E-state index in [1.165, 1.54) is 19.1 Å². The number of carbonyl (C=O) groups is 3. The first-order valence-electron chi connectivity index (χ1n) is 10.8. The molecule has 1 saturated heterocycles. The maximum absolute atomic E-state index is 13.3. The Balaban J connectivity index is 1.87. The summed E-state index contributed by atoms with van der Waals surface area (Å²) >= 11 is 0. The van der Waals surface area contributed by atoms with Crippen molar-refractivity contribution in [2.45, 2.75) is 32.7 Å². The van der Waals surface area contributed by atoms with Gasteiger partial charge in [0, 0.05) is 12.2 Å². The van der Waals surface area contributed by atoms with E-state index >= 15 is 0 Å². The molecule has 2 aromatic rings. The number of hydrogen-bond acceptors (Lipinski definition) is 6. The van der Waals surface area contributed by atoms with Gasteiger partial charge in [-0.2, -0.15) is 5.26 Å². The van der Waals surface area contributed by atoms with E-state index in [0.29, 0.717) is 22.7 Å². The molecular formula is C25H28N4O5. The van der Waals surface area contributed by atoms with Crippen molar-refractivity contribution < 1.29 is 23.9 Å². The van der Waals surface area contributed by atoms with Crippen LogP contribution in [0.3, 0.4) is 0 Å². The molecular weight excluding hydrogens is 436 g/mol. The Hall–Kier alpha value is -4.06. The fourth-order valence-corrected chi connectivity index (χ4v) is 3.86. The van der Waals surface area contributed by atoms with Gasteiger partial charge < -0.3 is 19.7 Å². The average molecular weight is 465 g/mol. The number of rotatable bonds is 8. The SMILES string of the molecule is COc1ccc(C2(C)NC(=O)N(CC(=O)N(CCC#N)c3ccc(C)c(C)c3)C2=O)cc1OC. The predicted molar refractivity (Wildman–Crippen MR) is 126 cm³/mol. The minimum Gasteiger partial charge on any atom is -0.493 e. The Morgan fingerprint density at radius 1 is 1.09 bits per heavy atom. The number of carbonyl (C=O) groups excluding carboxylic acids is 3. The number of hydrogen-bond donors (Lipinski definition) is 1. The van der Waals surface area contributed by atoms with E-state index < -0.39 is 29.9 Å². The van der Waals surface area contributed by atoms with Crippen LogP contribution in [0.4, 0.5) is 10.5 Å². The van der Waals surface area contributed by atoms with Gasteiger partial charge >= 0.3 is 6.03 Å². The Morgan fingerprint density at radius 2 is 1.79 bits per heavy atom. The monoisotopic (exact) mass is 464 g/mol. The lowest BCUT2D eigenvalue weighted by atomic mass is 9.91. The second-order valence-electron chi connectivity index (χ2n) is 8.24. The molecule has 34 heavy (non-hydrogen) atoms. The molecule has 3 rings (SSSR count). The molecule has 0 saturated carbocycles. The van der Waals surface area contributed by atoms with Crippen LogP contribution in [0.5, 0.6) is 11.5 Å². The van der Waals surface area contributed by atoms with E-state index in [0.717, 1.165) is 16.0 Å². The fourth-order valence-electron chi connectivity index (χ4n) is 3.86. The molecule has 1 aliphatic heterocycles. The summed E-state index contributed by atoms with van der Waals surface area (Å²) < 4.78 is 10.6. The molecule has 1 N–H and O–H groups in total. The maximum Gasteiger partial charge on any atom is 0.325 e. The second kappa shape index (κ2) is 9.83. The molecule has 1 aliphatic rings. The third-order valence-corrected chi connectivity index (χ3v) is 6.08. The standard InChI is InChI=1S/C25H28N4O5/c1-16-7-9-19(13-17(16)2)28(12-6-11-26)22(30)15-29-23(31)25(3,27-24(29)32)18-8-10-20(33-4)21(14-18)34-5/h7-10,13-14H,6,12,15H2,1-5H3,(H,27,32). The van der Waals surface area contributed by atoms with Crippen LogP contribution in [-0.2, 0) is 15.1 Å². The zero-order chi connectivity index (χ0) is 25.0. The molecule has 4 amide bonds. The normalized spacial score (nSPS) is 17.2. The van der Waals surface area contributed by atoms with Crippen molar-refractivity contribution in [3.8, 4) is 17.6 Å². The van der Waals surface area contributed by atoms with E-state index in [1.807, 2.05) is 32.0 Å². The Kier molecular flexibility index (Phi) is 7.11. The quantitative estimate of drug-likeness (QED) is 0.601. The molecule has 0 radical (unpaired) electrons. The minimum absolute atomic E-state index is 0.113. The van der Waals surface area contributed by atoms with Gasteiger partial charge in [-0.1, -0.05) is 12.1 Å². The summed E-state index contributed by atoms with van der Waals surface area (Å²) in [5.74, 6) is -0.118. The molecule has 0 bridgehead atoms. The number of anilines is 1. The van der Waals surface area contributed by atoms with Gasteiger partial charge in [0.15, 0.2) is 11.5 Å². The Labute approximate surface area is 198 Å². The number of ether oxygens (including phenoxy) is 2. The van der Waals surface area contributed by atoms with Gasteiger partial charge in [-0.25, -0.2) is 4.79 Å². The second-order valence-corrected chi connectivity index (χ2v) is 8.24. The molecule has 2 aromatic carbocycles. The highest BCUT2D eigenvalue weighted by Gasteiger charge is 2.50. The van der Waals surface area contributed by atoms with Gasteiger partial charge in [-0.15, -0.1) is 0 Å². The van der Waals surface area contributed by atoms with Crippen LogP contribution >= 0.6 is 0 Å². The van der Waals surface area contributed by atoms with Crippen molar-refractivity contribution in [2.24, 2.45) is 0 Å². The van der Waals surface area contributed by atoms with E-state index in [1.54, 1.807) is 31.2 Å². The molecule has 1 heterocycles. The molecule has 9 heteroatoms. The van der Waals surface area contributed by atoms with Gasteiger partial charge in [0.25, 0.3) is 5.91 Å². The summed E-state index contributed by atoms with van der Waals surface area (Å²) in [5, 5.41) is 11.7. The van der Waals surface area contributed by atoms with E-state index in [-0.39, 0.29) is 13.0 Å². The Morgan fingerprint density at radius 3 is 2.41 bits per heavy atom. The zero-order valence-corrected chi connectivity index (χ0v) is 20.0. The molecule has 9 nitrogen and oxygen atoms in total. The summed E-state index contributed by atoms with van der Waals surface area (Å²) in [4.78, 5) is 41.7. The Bertz CT molecular complexity index is 1170. The van der Waals surface area contributed by atoms with Crippen LogP contribution in [0.25, 0.3) is 0 Å². The van der Waals surface area contributed by atoms with Crippen LogP contribution in [0, 0.1) is 25.2 Å². The van der Waals surface area contributed by atoms with Crippen molar-refractivity contribution in [3.05, 3.63) is 53.1 Å². The molecule has 1 fully saturated rings. The molecule has 1 unspecified atom stereocenters. The van der Waals surface area contributed by atoms with Gasteiger partial charge in [0.2, 0.25) is 5.91 Å². The number of imide groups is 1. The molecule has 0 aliphatic carbocycles. The summed E-state index contributed by atoms with van der Waals surface area (Å²) in [6.07, 6.45) is 0.113. The number of nitrogens with one attached hydrogen (secondary N) is 1. The number of benzene rings is 2. The lowest BCUT2D eigenvalue weighted by Gasteiger charge is -2.26. The number of nitriles is 1. The largest absolute Gasteiger partial charge is 0.493 e. The molecule has 1 atom stereocenters. The van der Waals surface area contributed by atoms with Crippen LogP contribution in [0.2, 0.25) is 0 Å². The first kappa shape index (κ1) is 24.6. The summed E-state index contributed by atoms with van der Waals surface area (Å²) in [7, 11) is 2.98. The topological polar surface area (TPSA) is 112 Å². The number of methoxy groups -OCH3 is 2. The zero-order valence-electron chi connectivity index (χ0n) is 20.0. The lowest BCUT2D eigenvalue weighted by Crippen LogP contribution is -2.45. The molecule has 0 spiro atoms. The number of aryl methyl sites for hydroxylation is 2. The number of nitrogens with zero attached hydrogens (tertiary/aromatic N) is 3. The highest BCUT2D eigenvalue weighted by Crippen LogP contribution is 2.35. The van der Waals surface area contributed by atoms with Crippen LogP contribution in [0.15, 0.2) is 36.4 Å². The first-order valence-corrected chi connectivity index (χ1v) is 10.8. The van der Waals surface area contributed by atoms with Crippen molar-refractivity contribution in [1.82, 2.24) is 10.2 Å². The fraction of sp³-hybridized carbons (Fsp3) is 0.360. The van der Waals surface area contributed by atoms with Gasteiger partial charge in [-0.05, 0) is 61.7 Å². The predicted octanol–water partition coefficient (Wildman–Crippen LogP) is 3.03. The molecule has 0 aromatic heterocycles. The highest BCUT2D eigenvalue weighted by molar-refractivity contribution is 6.10. The summed E-state index contributed by atoms with van der Waals surface area (Å²) in [6, 6.07) is 11.8. The number of urea groups is 1. The van der Waals surface area contributed by atoms with Crippen molar-refractivity contribution >= 4 is 23.5 Å². The third kappa shape index (κ3) is 4.53. The van der Waals surface area contributed by atoms with Gasteiger partial charge in [0.1, 0.15) is 12.1 Å². The number of amides is 4. The van der Waals surface area contributed by atoms with E-state index in [4.69, 9.17) is 14.7 Å². The smallest absolute Gasteiger partial charge is 0.325 e. The highest BCUT2D eigenvalue weighted by atomic mass is 16.5.